The molecule has 0 radical (unpaired) electrons. The fourth-order valence-corrected chi connectivity index (χ4v) is 4.56. The number of benzene rings is 1. The van der Waals surface area contributed by atoms with Gasteiger partial charge in [-0.05, 0) is 66.1 Å². The number of aliphatic carboxylic acids is 1. The molecule has 1 unspecified atom stereocenters. The first kappa shape index (κ1) is 22.0. The van der Waals surface area contributed by atoms with Gasteiger partial charge in [0.1, 0.15) is 17.3 Å². The number of ether oxygens (including phenoxy) is 1. The van der Waals surface area contributed by atoms with Crippen molar-refractivity contribution >= 4 is 17.7 Å². The largest absolute Gasteiger partial charge is 0.493 e. The van der Waals surface area contributed by atoms with Crippen LogP contribution in [-0.2, 0) is 30.5 Å². The van der Waals surface area contributed by atoms with Crippen molar-refractivity contribution in [3.63, 3.8) is 0 Å². The number of H-pyrrole nitrogens is 1. The first-order valence-corrected chi connectivity index (χ1v) is 11.7. The van der Waals surface area contributed by atoms with E-state index in [0.29, 0.717) is 12.3 Å². The summed E-state index contributed by atoms with van der Waals surface area (Å²) in [5, 5.41) is 15.6. The zero-order valence-corrected chi connectivity index (χ0v) is 18.9. The highest BCUT2D eigenvalue weighted by atomic mass is 16.5. The summed E-state index contributed by atoms with van der Waals surface area (Å²) in [6.45, 7) is 1.58. The highest BCUT2D eigenvalue weighted by molar-refractivity contribution is 5.93. The molecule has 2 aromatic heterocycles. The number of carbonyl (C=O) groups excluding carboxylic acids is 1. The van der Waals surface area contributed by atoms with Gasteiger partial charge in [-0.15, -0.1) is 0 Å². The van der Waals surface area contributed by atoms with Gasteiger partial charge in [0.05, 0.1) is 19.1 Å². The number of hydrogen-bond donors (Lipinski definition) is 4. The topological polar surface area (TPSA) is 116 Å². The minimum atomic E-state index is -0.981. The number of carboxylic acid groups (broad SMARTS) is 1. The van der Waals surface area contributed by atoms with Crippen LogP contribution in [0.25, 0.3) is 0 Å². The van der Waals surface area contributed by atoms with Gasteiger partial charge in [0.15, 0.2) is 0 Å². The maximum absolute atomic E-state index is 12.9. The summed E-state index contributed by atoms with van der Waals surface area (Å²) >= 11 is 0. The quantitative estimate of drug-likeness (QED) is 0.409. The number of pyridine rings is 1. The van der Waals surface area contributed by atoms with Crippen molar-refractivity contribution < 1.29 is 19.4 Å². The van der Waals surface area contributed by atoms with Crippen molar-refractivity contribution in [3.05, 3.63) is 76.2 Å². The van der Waals surface area contributed by atoms with Crippen LogP contribution in [-0.4, -0.2) is 40.1 Å². The number of carboxylic acids is 1. The summed E-state index contributed by atoms with van der Waals surface area (Å²) in [6.07, 6.45) is 6.16. The van der Waals surface area contributed by atoms with Crippen LogP contribution >= 0.6 is 0 Å². The normalized spacial score (nSPS) is 14.9. The summed E-state index contributed by atoms with van der Waals surface area (Å²) in [5.74, 6) is 0.426. The van der Waals surface area contributed by atoms with Gasteiger partial charge in [-0.1, -0.05) is 18.2 Å². The molecule has 4 N–H and O–H groups in total. The molecule has 0 fully saturated rings. The molecule has 8 nitrogen and oxygen atoms in total. The molecule has 1 aromatic carbocycles. The first-order chi connectivity index (χ1) is 16.5. The van der Waals surface area contributed by atoms with Crippen molar-refractivity contribution in [1.82, 2.24) is 15.3 Å². The molecular weight excluding hydrogens is 432 g/mol. The average molecular weight is 461 g/mol. The Bertz CT molecular complexity index is 1220. The third-order valence-corrected chi connectivity index (χ3v) is 6.42. The summed E-state index contributed by atoms with van der Waals surface area (Å²) in [6, 6.07) is 11.0. The highest BCUT2D eigenvalue weighted by Gasteiger charge is 2.22. The molecule has 2 aliphatic rings. The zero-order valence-electron chi connectivity index (χ0n) is 18.9. The van der Waals surface area contributed by atoms with Crippen LogP contribution in [0.2, 0.25) is 0 Å². The second-order valence-corrected chi connectivity index (χ2v) is 8.85. The molecule has 1 amide bonds. The Morgan fingerprint density at radius 3 is 2.88 bits per heavy atom. The molecule has 0 saturated heterocycles. The van der Waals surface area contributed by atoms with E-state index in [1.54, 1.807) is 0 Å². The first-order valence-electron chi connectivity index (χ1n) is 11.7. The lowest BCUT2D eigenvalue weighted by Gasteiger charge is -2.18. The van der Waals surface area contributed by atoms with Crippen LogP contribution in [0.4, 0.5) is 5.82 Å². The second-order valence-electron chi connectivity index (χ2n) is 8.85. The molecule has 0 aliphatic carbocycles. The number of anilines is 1. The highest BCUT2D eigenvalue weighted by Crippen LogP contribution is 2.30. The minimum Gasteiger partial charge on any atom is -0.493 e. The molecule has 8 heteroatoms. The third-order valence-electron chi connectivity index (χ3n) is 6.42. The van der Waals surface area contributed by atoms with E-state index in [1.165, 1.54) is 5.56 Å². The van der Waals surface area contributed by atoms with Crippen molar-refractivity contribution in [2.75, 3.05) is 18.5 Å². The van der Waals surface area contributed by atoms with E-state index in [-0.39, 0.29) is 12.3 Å². The monoisotopic (exact) mass is 460 g/mol. The standard InChI is InChI=1S/C26H28N4O4/c31-24(32)14-21(19-5-4-17-9-11-34-23(17)13-19)30-26(33)22-12-16(15-28-22)3-7-20-8-6-18-2-1-10-27-25(18)29-20/h4-6,8,12-13,15,21,28H,1-3,7,9-11,14H2,(H,27,29)(H,30,33)(H,31,32). The van der Waals surface area contributed by atoms with E-state index in [4.69, 9.17) is 9.72 Å². The molecule has 176 valence electrons. The Morgan fingerprint density at radius 1 is 1.12 bits per heavy atom. The SMILES string of the molecule is O=C(O)CC(NC(=O)c1cc(CCc2ccc3c(n2)NCCC3)c[nH]1)c1ccc2c(c1)OCC2. The molecule has 5 rings (SSSR count). The van der Waals surface area contributed by atoms with Gasteiger partial charge < -0.3 is 25.5 Å². The average Bonchev–Trinajstić information content (AvgIpc) is 3.51. The van der Waals surface area contributed by atoms with Gasteiger partial charge in [0.25, 0.3) is 5.91 Å². The molecule has 2 aliphatic heterocycles. The number of amides is 1. The van der Waals surface area contributed by atoms with Gasteiger partial charge in [0, 0.05) is 24.9 Å². The molecule has 4 heterocycles. The van der Waals surface area contributed by atoms with E-state index in [0.717, 1.165) is 72.6 Å². The summed E-state index contributed by atoms with van der Waals surface area (Å²) in [4.78, 5) is 32.1. The number of aryl methyl sites for hydroxylation is 3. The minimum absolute atomic E-state index is 0.212. The Labute approximate surface area is 197 Å². The number of aromatic amines is 1. The van der Waals surface area contributed by atoms with Crippen LogP contribution in [0.5, 0.6) is 5.75 Å². The van der Waals surface area contributed by atoms with Gasteiger partial charge >= 0.3 is 5.97 Å². The smallest absolute Gasteiger partial charge is 0.305 e. The predicted molar refractivity (Wildman–Crippen MR) is 127 cm³/mol. The Balaban J connectivity index is 1.23. The Hall–Kier alpha value is -3.81. The lowest BCUT2D eigenvalue weighted by atomic mass is 10.0. The number of rotatable bonds is 8. The number of carbonyl (C=O) groups is 2. The van der Waals surface area contributed by atoms with Crippen LogP contribution in [0.3, 0.4) is 0 Å². The number of hydrogen-bond acceptors (Lipinski definition) is 5. The second kappa shape index (κ2) is 9.59. The van der Waals surface area contributed by atoms with Crippen molar-refractivity contribution in [3.8, 4) is 5.75 Å². The van der Waals surface area contributed by atoms with Crippen molar-refractivity contribution in [2.24, 2.45) is 0 Å². The van der Waals surface area contributed by atoms with E-state index in [9.17, 15) is 14.7 Å². The molecule has 1 atom stereocenters. The maximum Gasteiger partial charge on any atom is 0.305 e. The Morgan fingerprint density at radius 2 is 2.00 bits per heavy atom. The van der Waals surface area contributed by atoms with E-state index >= 15 is 0 Å². The molecule has 3 aromatic rings. The van der Waals surface area contributed by atoms with Crippen LogP contribution in [0.1, 0.15) is 57.3 Å². The third kappa shape index (κ3) is 4.90. The van der Waals surface area contributed by atoms with Crippen molar-refractivity contribution in [2.45, 2.75) is 44.6 Å². The molecule has 34 heavy (non-hydrogen) atoms. The Kier molecular flexibility index (Phi) is 6.20. The maximum atomic E-state index is 12.9. The molecule has 0 saturated carbocycles. The van der Waals surface area contributed by atoms with Gasteiger partial charge in [0.2, 0.25) is 0 Å². The van der Waals surface area contributed by atoms with E-state index < -0.39 is 12.0 Å². The van der Waals surface area contributed by atoms with E-state index in [2.05, 4.69) is 27.8 Å². The fourth-order valence-electron chi connectivity index (χ4n) is 4.56. The number of nitrogens with one attached hydrogen (secondary N) is 3. The van der Waals surface area contributed by atoms with E-state index in [1.807, 2.05) is 30.5 Å². The molecular formula is C26H28N4O4. The lowest BCUT2D eigenvalue weighted by Crippen LogP contribution is -2.30. The number of fused-ring (bicyclic) bond motifs is 2. The van der Waals surface area contributed by atoms with Gasteiger partial charge in [-0.2, -0.15) is 0 Å². The molecule has 0 bridgehead atoms. The van der Waals surface area contributed by atoms with Gasteiger partial charge in [-0.25, -0.2) is 4.98 Å². The van der Waals surface area contributed by atoms with Crippen molar-refractivity contribution in [1.29, 1.82) is 0 Å². The molecule has 0 spiro atoms. The predicted octanol–water partition coefficient (Wildman–Crippen LogP) is 3.43. The van der Waals surface area contributed by atoms with Crippen LogP contribution < -0.4 is 15.4 Å². The zero-order chi connectivity index (χ0) is 23.5. The van der Waals surface area contributed by atoms with Crippen LogP contribution in [0, 0.1) is 0 Å². The summed E-state index contributed by atoms with van der Waals surface area (Å²) < 4.78 is 5.61. The summed E-state index contributed by atoms with van der Waals surface area (Å²) in [5.41, 5.74) is 5.50. The number of nitrogens with zero attached hydrogens (tertiary/aromatic N) is 1. The van der Waals surface area contributed by atoms with Gasteiger partial charge in [-0.3, -0.25) is 9.59 Å². The summed E-state index contributed by atoms with van der Waals surface area (Å²) in [7, 11) is 0. The lowest BCUT2D eigenvalue weighted by molar-refractivity contribution is -0.137. The number of aromatic nitrogens is 2. The van der Waals surface area contributed by atoms with Crippen LogP contribution in [0.15, 0.2) is 42.6 Å². The fraction of sp³-hybridized carbons (Fsp3) is 0.346.